The van der Waals surface area contributed by atoms with Crippen LogP contribution in [0.5, 0.6) is 0 Å². The van der Waals surface area contributed by atoms with Crippen LogP contribution in [-0.4, -0.2) is 32.3 Å². The van der Waals surface area contributed by atoms with Crippen LogP contribution in [0.2, 0.25) is 0 Å². The number of nitrogens with one attached hydrogen (secondary N) is 1. The third-order valence-electron chi connectivity index (χ3n) is 3.02. The summed E-state index contributed by atoms with van der Waals surface area (Å²) in [7, 11) is -0.754. The molecule has 0 aliphatic carbocycles. The van der Waals surface area contributed by atoms with E-state index in [2.05, 4.69) is 21.8 Å². The second-order valence-corrected chi connectivity index (χ2v) is 5.92. The van der Waals surface area contributed by atoms with E-state index in [1.54, 1.807) is 6.26 Å². The molecule has 0 spiro atoms. The average Bonchev–Trinajstić information content (AvgIpc) is 2.52. The van der Waals surface area contributed by atoms with E-state index in [9.17, 15) is 4.21 Å². The van der Waals surface area contributed by atoms with Gasteiger partial charge >= 0.3 is 0 Å². The molecule has 1 aliphatic rings. The lowest BCUT2D eigenvalue weighted by Gasteiger charge is -2.20. The maximum absolute atomic E-state index is 11.3. The van der Waals surface area contributed by atoms with Crippen molar-refractivity contribution in [1.82, 2.24) is 14.9 Å². The third-order valence-corrected chi connectivity index (χ3v) is 3.97. The van der Waals surface area contributed by atoms with Crippen LogP contribution in [0, 0.1) is 6.92 Å². The van der Waals surface area contributed by atoms with Gasteiger partial charge in [-0.1, -0.05) is 0 Å². The van der Waals surface area contributed by atoms with Crippen molar-refractivity contribution in [3.63, 3.8) is 0 Å². The summed E-state index contributed by atoms with van der Waals surface area (Å²) in [6.45, 7) is 6.04. The lowest BCUT2D eigenvalue weighted by molar-refractivity contribution is 0.535. The molecular formula is C11H19N3OS. The lowest BCUT2D eigenvalue weighted by atomic mass is 10.1. The summed E-state index contributed by atoms with van der Waals surface area (Å²) < 4.78 is 13.6. The van der Waals surface area contributed by atoms with Gasteiger partial charge in [-0.2, -0.15) is 0 Å². The molecule has 1 aliphatic heterocycles. The molecule has 1 aromatic heterocycles. The number of nitrogens with zero attached hydrogens (tertiary/aromatic N) is 2. The summed E-state index contributed by atoms with van der Waals surface area (Å²) in [5.74, 6) is 1.75. The Labute approximate surface area is 98.9 Å². The molecule has 90 valence electrons. The summed E-state index contributed by atoms with van der Waals surface area (Å²) in [5.41, 5.74) is 2.49. The minimum atomic E-state index is -0.754. The summed E-state index contributed by atoms with van der Waals surface area (Å²) in [6.07, 6.45) is 2.79. The van der Waals surface area contributed by atoms with E-state index in [-0.39, 0.29) is 6.04 Å². The zero-order chi connectivity index (χ0) is 11.7. The van der Waals surface area contributed by atoms with Crippen molar-refractivity contribution in [2.45, 2.75) is 32.9 Å². The molecule has 2 unspecified atom stereocenters. The van der Waals surface area contributed by atoms with Crippen LogP contribution in [0.1, 0.15) is 30.2 Å². The van der Waals surface area contributed by atoms with E-state index in [1.165, 1.54) is 5.69 Å². The molecule has 16 heavy (non-hydrogen) atoms. The molecule has 4 nitrogen and oxygen atoms in total. The van der Waals surface area contributed by atoms with Crippen molar-refractivity contribution >= 4 is 10.8 Å². The molecule has 1 aromatic rings. The highest BCUT2D eigenvalue weighted by atomic mass is 32.2. The van der Waals surface area contributed by atoms with Crippen LogP contribution in [0.25, 0.3) is 0 Å². The Balaban J connectivity index is 2.32. The maximum atomic E-state index is 11.3. The van der Waals surface area contributed by atoms with Gasteiger partial charge in [0.15, 0.2) is 0 Å². The molecule has 0 bridgehead atoms. The highest BCUT2D eigenvalue weighted by molar-refractivity contribution is 7.84. The summed E-state index contributed by atoms with van der Waals surface area (Å²) in [4.78, 5) is 4.58. The summed E-state index contributed by atoms with van der Waals surface area (Å²) in [6, 6.07) is 0.278. The third kappa shape index (κ3) is 2.20. The SMILES string of the molecule is Cc1nc2c(n1C(C)CS(C)=O)CCNC2. The molecule has 0 radical (unpaired) electrons. The van der Waals surface area contributed by atoms with E-state index in [1.807, 2.05) is 6.92 Å². The van der Waals surface area contributed by atoms with Crippen LogP contribution in [0.4, 0.5) is 0 Å². The first-order valence-electron chi connectivity index (χ1n) is 5.67. The van der Waals surface area contributed by atoms with Gasteiger partial charge < -0.3 is 9.88 Å². The zero-order valence-corrected chi connectivity index (χ0v) is 10.9. The number of aromatic nitrogens is 2. The number of aryl methyl sites for hydroxylation is 1. The van der Waals surface area contributed by atoms with Gasteiger partial charge in [0.25, 0.3) is 0 Å². The minimum Gasteiger partial charge on any atom is -0.328 e. The largest absolute Gasteiger partial charge is 0.328 e. The van der Waals surface area contributed by atoms with Crippen LogP contribution in [0.15, 0.2) is 0 Å². The summed E-state index contributed by atoms with van der Waals surface area (Å²) >= 11 is 0. The quantitative estimate of drug-likeness (QED) is 0.850. The molecular weight excluding hydrogens is 222 g/mol. The van der Waals surface area contributed by atoms with Crippen LogP contribution >= 0.6 is 0 Å². The minimum absolute atomic E-state index is 0.278. The lowest BCUT2D eigenvalue weighted by Crippen LogP contribution is -2.26. The van der Waals surface area contributed by atoms with Crippen molar-refractivity contribution in [3.05, 3.63) is 17.2 Å². The molecule has 0 aromatic carbocycles. The molecule has 2 atom stereocenters. The van der Waals surface area contributed by atoms with Crippen LogP contribution in [-0.2, 0) is 23.8 Å². The predicted octanol–water partition coefficient (Wildman–Crippen LogP) is 0.777. The Morgan fingerprint density at radius 1 is 1.62 bits per heavy atom. The molecule has 0 fully saturated rings. The fourth-order valence-corrected chi connectivity index (χ4v) is 3.30. The Morgan fingerprint density at radius 3 is 3.06 bits per heavy atom. The number of hydrogen-bond acceptors (Lipinski definition) is 3. The fourth-order valence-electron chi connectivity index (χ4n) is 2.47. The van der Waals surface area contributed by atoms with Gasteiger partial charge in [-0.15, -0.1) is 0 Å². The molecule has 0 saturated heterocycles. The fraction of sp³-hybridized carbons (Fsp3) is 0.727. The molecule has 0 amide bonds. The Hall–Kier alpha value is -0.680. The normalized spacial score (nSPS) is 19.2. The molecule has 5 heteroatoms. The highest BCUT2D eigenvalue weighted by Crippen LogP contribution is 2.21. The van der Waals surface area contributed by atoms with E-state index in [4.69, 9.17) is 0 Å². The van der Waals surface area contributed by atoms with Crippen molar-refractivity contribution in [2.75, 3.05) is 18.6 Å². The smallest absolute Gasteiger partial charge is 0.106 e. The van der Waals surface area contributed by atoms with Gasteiger partial charge in [-0.3, -0.25) is 4.21 Å². The zero-order valence-electron chi connectivity index (χ0n) is 10.1. The average molecular weight is 241 g/mol. The second kappa shape index (κ2) is 4.67. The van der Waals surface area contributed by atoms with Crippen LogP contribution in [0.3, 0.4) is 0 Å². The number of fused-ring (bicyclic) bond motifs is 1. The van der Waals surface area contributed by atoms with E-state index in [0.717, 1.165) is 31.0 Å². The topological polar surface area (TPSA) is 46.9 Å². The Bertz CT molecular complexity index is 414. The number of imidazole rings is 1. The van der Waals surface area contributed by atoms with E-state index >= 15 is 0 Å². The molecule has 2 rings (SSSR count). The van der Waals surface area contributed by atoms with Crippen molar-refractivity contribution < 1.29 is 4.21 Å². The first-order valence-corrected chi connectivity index (χ1v) is 7.39. The number of rotatable bonds is 3. The van der Waals surface area contributed by atoms with Gasteiger partial charge in [0.1, 0.15) is 5.82 Å². The molecule has 2 heterocycles. The Morgan fingerprint density at radius 2 is 2.38 bits per heavy atom. The first kappa shape index (κ1) is 11.8. The monoisotopic (exact) mass is 241 g/mol. The van der Waals surface area contributed by atoms with Gasteiger partial charge in [0.05, 0.1) is 5.69 Å². The molecule has 0 saturated carbocycles. The van der Waals surface area contributed by atoms with E-state index < -0.39 is 10.8 Å². The molecule has 1 N–H and O–H groups in total. The summed E-state index contributed by atoms with van der Waals surface area (Å²) in [5, 5.41) is 3.33. The standard InChI is InChI=1S/C11H19N3OS/c1-8(7-16(3)15)14-9(2)13-10-6-12-5-4-11(10)14/h8,12H,4-7H2,1-3H3. The van der Waals surface area contributed by atoms with Gasteiger partial charge in [0.2, 0.25) is 0 Å². The second-order valence-electron chi connectivity index (χ2n) is 4.44. The first-order chi connectivity index (χ1) is 7.59. The van der Waals surface area contributed by atoms with Gasteiger partial charge in [-0.05, 0) is 13.8 Å². The van der Waals surface area contributed by atoms with Crippen LogP contribution < -0.4 is 5.32 Å². The van der Waals surface area contributed by atoms with Gasteiger partial charge in [-0.25, -0.2) is 4.98 Å². The number of hydrogen-bond donors (Lipinski definition) is 1. The van der Waals surface area contributed by atoms with Gasteiger partial charge in [0, 0.05) is 54.1 Å². The van der Waals surface area contributed by atoms with Crippen molar-refractivity contribution in [1.29, 1.82) is 0 Å². The van der Waals surface area contributed by atoms with Crippen molar-refractivity contribution in [2.24, 2.45) is 0 Å². The van der Waals surface area contributed by atoms with E-state index in [0.29, 0.717) is 5.75 Å². The highest BCUT2D eigenvalue weighted by Gasteiger charge is 2.21. The predicted molar refractivity (Wildman–Crippen MR) is 66.0 cm³/mol. The maximum Gasteiger partial charge on any atom is 0.106 e. The Kier molecular flexibility index (Phi) is 3.44. The van der Waals surface area contributed by atoms with Crippen molar-refractivity contribution in [3.8, 4) is 0 Å².